The second-order valence-electron chi connectivity index (χ2n) is 7.62. The summed E-state index contributed by atoms with van der Waals surface area (Å²) in [7, 11) is -1.92. The van der Waals surface area contributed by atoms with E-state index < -0.39 is 10.0 Å². The molecule has 3 aromatic rings. The van der Waals surface area contributed by atoms with Crippen LogP contribution in [0.1, 0.15) is 41.2 Å². The Morgan fingerprint density at radius 1 is 1.26 bits per heavy atom. The highest BCUT2D eigenvalue weighted by molar-refractivity contribution is 7.89. The van der Waals surface area contributed by atoms with Crippen LogP contribution in [0.5, 0.6) is 0 Å². The molecule has 0 bridgehead atoms. The van der Waals surface area contributed by atoms with Crippen LogP contribution in [0.3, 0.4) is 0 Å². The zero-order chi connectivity index (χ0) is 22.0. The summed E-state index contributed by atoms with van der Waals surface area (Å²) in [6.07, 6.45) is 1.73. The lowest BCUT2D eigenvalue weighted by atomic mass is 10.2. The number of para-hydroxylation sites is 1. The fourth-order valence-electron chi connectivity index (χ4n) is 3.48. The van der Waals surface area contributed by atoms with E-state index in [1.54, 1.807) is 35.4 Å². The lowest BCUT2D eigenvalue weighted by Crippen LogP contribution is -2.32. The molecule has 164 valence electrons. The Hall–Kier alpha value is -2.33. The van der Waals surface area contributed by atoms with Crippen LogP contribution in [0.2, 0.25) is 0 Å². The number of carbonyl (C=O) groups is 1. The maximum Gasteiger partial charge on any atom is 0.254 e. The number of carbonyl (C=O) groups excluding carboxylic acids is 1. The van der Waals surface area contributed by atoms with Gasteiger partial charge in [0, 0.05) is 25.8 Å². The molecule has 2 unspecified atom stereocenters. The predicted octanol–water partition coefficient (Wildman–Crippen LogP) is 3.59. The van der Waals surface area contributed by atoms with E-state index in [1.807, 2.05) is 31.2 Å². The molecule has 1 amide bonds. The van der Waals surface area contributed by atoms with Gasteiger partial charge in [-0.05, 0) is 56.2 Å². The van der Waals surface area contributed by atoms with Gasteiger partial charge in [-0.2, -0.15) is 0 Å². The van der Waals surface area contributed by atoms with Gasteiger partial charge in [0.25, 0.3) is 5.91 Å². The number of nitrogens with one attached hydrogen (secondary N) is 1. The second-order valence-corrected chi connectivity index (χ2v) is 10.5. The van der Waals surface area contributed by atoms with Crippen LogP contribution < -0.4 is 4.72 Å². The summed E-state index contributed by atoms with van der Waals surface area (Å²) in [5.74, 6) is -0.192. The highest BCUT2D eigenvalue weighted by atomic mass is 32.2. The Bertz CT molecular complexity index is 1140. The van der Waals surface area contributed by atoms with Crippen LogP contribution in [0.25, 0.3) is 10.2 Å². The van der Waals surface area contributed by atoms with Gasteiger partial charge in [0.2, 0.25) is 10.0 Å². The lowest BCUT2D eigenvalue weighted by molar-refractivity contribution is 0.0742. The highest BCUT2D eigenvalue weighted by Gasteiger charge is 2.23. The van der Waals surface area contributed by atoms with Crippen molar-refractivity contribution in [3.63, 3.8) is 0 Å². The predicted molar refractivity (Wildman–Crippen MR) is 121 cm³/mol. The van der Waals surface area contributed by atoms with Crippen molar-refractivity contribution in [1.29, 1.82) is 0 Å². The van der Waals surface area contributed by atoms with Crippen LogP contribution in [-0.2, 0) is 14.8 Å². The SMILES string of the molecule is CC(c1nc2ccccc2s1)N(C)C(=O)c1ccc(S(=O)(=O)NCC2CCCO2)cc1. The number of aromatic nitrogens is 1. The molecule has 1 aliphatic rings. The molecular weight excluding hydrogens is 434 g/mol. The third-order valence-electron chi connectivity index (χ3n) is 5.51. The van der Waals surface area contributed by atoms with Gasteiger partial charge in [-0.1, -0.05) is 12.1 Å². The Balaban J connectivity index is 1.44. The van der Waals surface area contributed by atoms with E-state index in [0.717, 1.165) is 28.1 Å². The monoisotopic (exact) mass is 459 g/mol. The standard InChI is InChI=1S/C22H25N3O4S2/c1-15(21-24-19-7-3-4-8-20(19)30-21)25(2)22(26)16-9-11-18(12-10-16)31(27,28)23-14-17-6-5-13-29-17/h3-4,7-12,15,17,23H,5-6,13-14H2,1-2H3. The molecule has 2 heterocycles. The van der Waals surface area contributed by atoms with Crippen LogP contribution in [0.15, 0.2) is 53.4 Å². The molecule has 7 nitrogen and oxygen atoms in total. The van der Waals surface area contributed by atoms with Crippen LogP contribution in [0.4, 0.5) is 0 Å². The summed E-state index contributed by atoms with van der Waals surface area (Å²) in [5, 5.41) is 0.856. The van der Waals surface area contributed by atoms with Gasteiger partial charge in [-0.3, -0.25) is 4.79 Å². The largest absolute Gasteiger partial charge is 0.377 e. The summed E-state index contributed by atoms with van der Waals surface area (Å²) in [4.78, 5) is 19.3. The fourth-order valence-corrected chi connectivity index (χ4v) is 5.61. The van der Waals surface area contributed by atoms with Gasteiger partial charge < -0.3 is 9.64 Å². The molecule has 4 rings (SSSR count). The first-order chi connectivity index (χ1) is 14.8. The van der Waals surface area contributed by atoms with Crippen molar-refractivity contribution in [3.05, 3.63) is 59.1 Å². The molecule has 2 atom stereocenters. The Morgan fingerprint density at radius 3 is 2.68 bits per heavy atom. The molecule has 0 saturated carbocycles. The zero-order valence-electron chi connectivity index (χ0n) is 17.4. The minimum Gasteiger partial charge on any atom is -0.377 e. The van der Waals surface area contributed by atoms with E-state index in [0.29, 0.717) is 12.2 Å². The number of fused-ring (bicyclic) bond motifs is 1. The number of ether oxygens (including phenoxy) is 1. The van der Waals surface area contributed by atoms with Crippen molar-refractivity contribution in [2.24, 2.45) is 0 Å². The molecule has 31 heavy (non-hydrogen) atoms. The third kappa shape index (κ3) is 4.79. The maximum absolute atomic E-state index is 13.0. The fraction of sp³-hybridized carbons (Fsp3) is 0.364. The van der Waals surface area contributed by atoms with E-state index in [9.17, 15) is 13.2 Å². The number of amides is 1. The van der Waals surface area contributed by atoms with Crippen molar-refractivity contribution in [2.75, 3.05) is 20.2 Å². The Labute approximate surface area is 186 Å². The van der Waals surface area contributed by atoms with Crippen LogP contribution >= 0.6 is 11.3 Å². The third-order valence-corrected chi connectivity index (χ3v) is 8.15. The van der Waals surface area contributed by atoms with E-state index in [-0.39, 0.29) is 29.5 Å². The van der Waals surface area contributed by atoms with E-state index in [2.05, 4.69) is 9.71 Å². The Kier molecular flexibility index (Phi) is 6.38. The van der Waals surface area contributed by atoms with Crippen molar-refractivity contribution in [2.45, 2.75) is 36.8 Å². The molecule has 0 aliphatic carbocycles. The average molecular weight is 460 g/mol. The van der Waals surface area contributed by atoms with Crippen molar-refractivity contribution in [1.82, 2.24) is 14.6 Å². The van der Waals surface area contributed by atoms with Crippen molar-refractivity contribution < 1.29 is 17.9 Å². The zero-order valence-corrected chi connectivity index (χ0v) is 19.1. The summed E-state index contributed by atoms with van der Waals surface area (Å²) in [5.41, 5.74) is 1.34. The molecular formula is C22H25N3O4S2. The van der Waals surface area contributed by atoms with Gasteiger partial charge in [-0.25, -0.2) is 18.1 Å². The molecule has 0 spiro atoms. The molecule has 1 saturated heterocycles. The first-order valence-electron chi connectivity index (χ1n) is 10.2. The first kappa shape index (κ1) is 21.9. The highest BCUT2D eigenvalue weighted by Crippen LogP contribution is 2.29. The topological polar surface area (TPSA) is 88.6 Å². The summed E-state index contributed by atoms with van der Waals surface area (Å²) < 4.78 is 34.1. The molecule has 1 fully saturated rings. The quantitative estimate of drug-likeness (QED) is 0.583. The van der Waals surface area contributed by atoms with Crippen molar-refractivity contribution in [3.8, 4) is 0 Å². The van der Waals surface area contributed by atoms with Crippen LogP contribution in [-0.4, -0.2) is 50.5 Å². The summed E-state index contributed by atoms with van der Waals surface area (Å²) in [6.45, 7) is 2.86. The van der Waals surface area contributed by atoms with Crippen LogP contribution in [0, 0.1) is 0 Å². The van der Waals surface area contributed by atoms with Gasteiger partial charge in [0.15, 0.2) is 0 Å². The maximum atomic E-state index is 13.0. The number of nitrogens with zero attached hydrogens (tertiary/aromatic N) is 2. The normalized spacial score (nSPS) is 17.7. The summed E-state index contributed by atoms with van der Waals surface area (Å²) in [6, 6.07) is 13.7. The number of benzene rings is 2. The van der Waals surface area contributed by atoms with E-state index in [4.69, 9.17) is 4.74 Å². The molecule has 0 radical (unpaired) electrons. The Morgan fingerprint density at radius 2 is 2.00 bits per heavy atom. The van der Waals surface area contributed by atoms with Gasteiger partial charge in [0.05, 0.1) is 27.3 Å². The molecule has 1 N–H and O–H groups in total. The number of hydrogen-bond acceptors (Lipinski definition) is 6. The van der Waals surface area contributed by atoms with E-state index >= 15 is 0 Å². The van der Waals surface area contributed by atoms with Gasteiger partial charge in [-0.15, -0.1) is 11.3 Å². The average Bonchev–Trinajstić information content (AvgIpc) is 3.46. The number of rotatable bonds is 7. The van der Waals surface area contributed by atoms with E-state index in [1.165, 1.54) is 12.1 Å². The van der Waals surface area contributed by atoms with Gasteiger partial charge >= 0.3 is 0 Å². The smallest absolute Gasteiger partial charge is 0.254 e. The minimum atomic E-state index is -3.65. The first-order valence-corrected chi connectivity index (χ1v) is 12.5. The number of hydrogen-bond donors (Lipinski definition) is 1. The van der Waals surface area contributed by atoms with Crippen molar-refractivity contribution >= 4 is 37.5 Å². The molecule has 1 aliphatic heterocycles. The number of thiazole rings is 1. The molecule has 9 heteroatoms. The minimum absolute atomic E-state index is 0.0757. The molecule has 1 aromatic heterocycles. The van der Waals surface area contributed by atoms with Gasteiger partial charge in [0.1, 0.15) is 5.01 Å². The lowest BCUT2D eigenvalue weighted by Gasteiger charge is -2.23. The second kappa shape index (κ2) is 9.04. The number of sulfonamides is 1. The molecule has 2 aromatic carbocycles. The summed E-state index contributed by atoms with van der Waals surface area (Å²) >= 11 is 1.57.